The molecule has 19 heavy (non-hydrogen) atoms. The second-order valence-corrected chi connectivity index (χ2v) is 5.58. The molecule has 4 heteroatoms. The lowest BCUT2D eigenvalue weighted by atomic mass is 9.90. The van der Waals surface area contributed by atoms with Crippen molar-refractivity contribution in [3.05, 3.63) is 23.9 Å². The van der Waals surface area contributed by atoms with Crippen molar-refractivity contribution < 1.29 is 9.84 Å². The maximum Gasteiger partial charge on any atom is 0.129 e. The van der Waals surface area contributed by atoms with E-state index in [1.807, 2.05) is 12.1 Å². The molecule has 2 aliphatic rings. The van der Waals surface area contributed by atoms with Gasteiger partial charge in [-0.2, -0.15) is 0 Å². The van der Waals surface area contributed by atoms with Crippen LogP contribution in [0.1, 0.15) is 44.3 Å². The summed E-state index contributed by atoms with van der Waals surface area (Å²) in [5.41, 5.74) is 0.934. The predicted molar refractivity (Wildman–Crippen MR) is 74.2 cm³/mol. The number of anilines is 1. The monoisotopic (exact) mass is 262 g/mol. The summed E-state index contributed by atoms with van der Waals surface area (Å²) in [5.74, 6) is 0.985. The second kappa shape index (κ2) is 5.47. The summed E-state index contributed by atoms with van der Waals surface area (Å²) in [4.78, 5) is 6.87. The summed E-state index contributed by atoms with van der Waals surface area (Å²) in [6.07, 6.45) is 6.62. The number of ether oxygens (including phenoxy) is 1. The Labute approximate surface area is 114 Å². The zero-order valence-electron chi connectivity index (χ0n) is 11.5. The Balaban J connectivity index is 1.85. The Morgan fingerprint density at radius 2 is 2.26 bits per heavy atom. The Morgan fingerprint density at radius 1 is 1.42 bits per heavy atom. The highest BCUT2D eigenvalue weighted by molar-refractivity contribution is 5.43. The normalized spacial score (nSPS) is 28.8. The van der Waals surface area contributed by atoms with E-state index in [4.69, 9.17) is 4.74 Å². The van der Waals surface area contributed by atoms with Crippen molar-refractivity contribution in [2.45, 2.75) is 50.9 Å². The quantitative estimate of drug-likeness (QED) is 0.888. The van der Waals surface area contributed by atoms with E-state index in [-0.39, 0.29) is 0 Å². The van der Waals surface area contributed by atoms with E-state index in [1.54, 1.807) is 13.1 Å². The molecule has 0 spiro atoms. The van der Waals surface area contributed by atoms with E-state index in [9.17, 15) is 5.11 Å². The minimum absolute atomic E-state index is 0.361. The van der Waals surface area contributed by atoms with Crippen LogP contribution in [0.4, 0.5) is 5.82 Å². The number of aliphatic hydroxyl groups excluding tert-OH is 1. The summed E-state index contributed by atoms with van der Waals surface area (Å²) in [7, 11) is 0. The molecular weight excluding hydrogens is 240 g/mol. The van der Waals surface area contributed by atoms with Crippen LogP contribution >= 0.6 is 0 Å². The summed E-state index contributed by atoms with van der Waals surface area (Å²) in [6.45, 7) is 3.47. The number of morpholine rings is 1. The first-order chi connectivity index (χ1) is 9.25. The molecule has 104 valence electrons. The minimum atomic E-state index is -0.440. The number of aliphatic hydroxyl groups is 1. The molecule has 1 aromatic rings. The lowest BCUT2D eigenvalue weighted by molar-refractivity contribution is -0.00900. The van der Waals surface area contributed by atoms with Crippen LogP contribution in [0.3, 0.4) is 0 Å². The average molecular weight is 262 g/mol. The van der Waals surface area contributed by atoms with E-state index in [0.717, 1.165) is 31.0 Å². The van der Waals surface area contributed by atoms with E-state index in [0.29, 0.717) is 12.1 Å². The van der Waals surface area contributed by atoms with Gasteiger partial charge in [0.05, 0.1) is 24.9 Å². The molecule has 3 atom stereocenters. The highest BCUT2D eigenvalue weighted by Crippen LogP contribution is 2.31. The number of rotatable bonds is 2. The number of fused-ring (bicyclic) bond motifs is 1. The topological polar surface area (TPSA) is 45.6 Å². The number of nitrogens with zero attached hydrogens (tertiary/aromatic N) is 2. The molecule has 1 saturated carbocycles. The summed E-state index contributed by atoms with van der Waals surface area (Å²) in [6, 6.07) is 4.36. The van der Waals surface area contributed by atoms with Crippen LogP contribution in [0.5, 0.6) is 0 Å². The molecule has 2 unspecified atom stereocenters. The average Bonchev–Trinajstić information content (AvgIpc) is 2.47. The second-order valence-electron chi connectivity index (χ2n) is 5.58. The fourth-order valence-electron chi connectivity index (χ4n) is 3.23. The molecule has 0 bridgehead atoms. The van der Waals surface area contributed by atoms with E-state index in [1.165, 1.54) is 19.3 Å². The van der Waals surface area contributed by atoms with Crippen LogP contribution in [0.25, 0.3) is 0 Å². The Kier molecular flexibility index (Phi) is 3.71. The summed E-state index contributed by atoms with van der Waals surface area (Å²) < 4.78 is 5.89. The van der Waals surface area contributed by atoms with Crippen LogP contribution in [-0.2, 0) is 4.74 Å². The van der Waals surface area contributed by atoms with Gasteiger partial charge in [0.15, 0.2) is 0 Å². The van der Waals surface area contributed by atoms with Gasteiger partial charge in [0.1, 0.15) is 5.82 Å². The molecule has 0 aromatic carbocycles. The lowest BCUT2D eigenvalue weighted by Gasteiger charge is -2.44. The molecule has 3 rings (SSSR count). The van der Waals surface area contributed by atoms with Crippen molar-refractivity contribution in [1.29, 1.82) is 0 Å². The van der Waals surface area contributed by atoms with Gasteiger partial charge in [-0.15, -0.1) is 0 Å². The van der Waals surface area contributed by atoms with Crippen molar-refractivity contribution in [3.63, 3.8) is 0 Å². The summed E-state index contributed by atoms with van der Waals surface area (Å²) >= 11 is 0. The van der Waals surface area contributed by atoms with Gasteiger partial charge in [-0.3, -0.25) is 0 Å². The fraction of sp³-hybridized carbons (Fsp3) is 0.667. The molecule has 1 N–H and O–H groups in total. The molecule has 1 saturated heterocycles. The molecule has 0 radical (unpaired) electrons. The Hall–Kier alpha value is -1.13. The van der Waals surface area contributed by atoms with Gasteiger partial charge in [-0.05, 0) is 37.5 Å². The maximum atomic E-state index is 9.71. The third-order valence-corrected chi connectivity index (χ3v) is 4.28. The molecule has 4 nitrogen and oxygen atoms in total. The molecule has 1 aromatic heterocycles. The van der Waals surface area contributed by atoms with E-state index in [2.05, 4.69) is 9.88 Å². The van der Waals surface area contributed by atoms with Crippen molar-refractivity contribution in [1.82, 2.24) is 4.98 Å². The first-order valence-electron chi connectivity index (χ1n) is 7.28. The SMILES string of the molecule is C[C@@H](O)c1ccnc(N2CCOC3CCCCC32)c1. The number of pyridine rings is 1. The van der Waals surface area contributed by atoms with Crippen LogP contribution in [-0.4, -0.2) is 35.4 Å². The van der Waals surface area contributed by atoms with Gasteiger partial charge in [-0.1, -0.05) is 12.8 Å². The first kappa shape index (κ1) is 12.9. The molecule has 1 aliphatic heterocycles. The largest absolute Gasteiger partial charge is 0.389 e. The maximum absolute atomic E-state index is 9.71. The smallest absolute Gasteiger partial charge is 0.129 e. The van der Waals surface area contributed by atoms with Crippen LogP contribution < -0.4 is 4.90 Å². The number of hydrogen-bond acceptors (Lipinski definition) is 4. The van der Waals surface area contributed by atoms with Gasteiger partial charge < -0.3 is 14.7 Å². The molecule has 1 aliphatic carbocycles. The highest BCUT2D eigenvalue weighted by Gasteiger charge is 2.34. The van der Waals surface area contributed by atoms with E-state index < -0.39 is 6.10 Å². The minimum Gasteiger partial charge on any atom is -0.389 e. The number of hydrogen-bond donors (Lipinski definition) is 1. The van der Waals surface area contributed by atoms with Gasteiger partial charge in [0.2, 0.25) is 0 Å². The van der Waals surface area contributed by atoms with Crippen molar-refractivity contribution in [2.75, 3.05) is 18.1 Å². The van der Waals surface area contributed by atoms with Crippen LogP contribution in [0.2, 0.25) is 0 Å². The lowest BCUT2D eigenvalue weighted by Crippen LogP contribution is -2.53. The molecule has 2 fully saturated rings. The molecule has 2 heterocycles. The standard InChI is InChI=1S/C15H22N2O2/c1-11(18)12-6-7-16-15(10-12)17-8-9-19-14-5-3-2-4-13(14)17/h6-7,10-11,13-14,18H,2-5,8-9H2,1H3/t11-,13?,14?/m1/s1. The van der Waals surface area contributed by atoms with Gasteiger partial charge in [-0.25, -0.2) is 4.98 Å². The third kappa shape index (κ3) is 2.60. The fourth-order valence-corrected chi connectivity index (χ4v) is 3.23. The highest BCUT2D eigenvalue weighted by atomic mass is 16.5. The van der Waals surface area contributed by atoms with Crippen LogP contribution in [0.15, 0.2) is 18.3 Å². The van der Waals surface area contributed by atoms with Crippen molar-refractivity contribution in [3.8, 4) is 0 Å². The van der Waals surface area contributed by atoms with Crippen molar-refractivity contribution in [2.24, 2.45) is 0 Å². The van der Waals surface area contributed by atoms with Gasteiger partial charge in [0.25, 0.3) is 0 Å². The molecular formula is C15H22N2O2. The summed E-state index contributed by atoms with van der Waals surface area (Å²) in [5, 5.41) is 9.71. The predicted octanol–water partition coefficient (Wildman–Crippen LogP) is 2.28. The van der Waals surface area contributed by atoms with Gasteiger partial charge >= 0.3 is 0 Å². The number of aromatic nitrogens is 1. The zero-order chi connectivity index (χ0) is 13.2. The first-order valence-corrected chi connectivity index (χ1v) is 7.28. The zero-order valence-corrected chi connectivity index (χ0v) is 11.5. The van der Waals surface area contributed by atoms with E-state index >= 15 is 0 Å². The van der Waals surface area contributed by atoms with Crippen molar-refractivity contribution >= 4 is 5.82 Å². The Bertz CT molecular complexity index is 434. The Morgan fingerprint density at radius 3 is 3.11 bits per heavy atom. The van der Waals surface area contributed by atoms with Gasteiger partial charge in [0, 0.05) is 12.7 Å². The third-order valence-electron chi connectivity index (χ3n) is 4.28. The van der Waals surface area contributed by atoms with Crippen LogP contribution in [0, 0.1) is 0 Å². The molecule has 0 amide bonds.